The summed E-state index contributed by atoms with van der Waals surface area (Å²) < 4.78 is 1.64. The number of hydrogen-bond acceptors (Lipinski definition) is 2. The van der Waals surface area contributed by atoms with Gasteiger partial charge in [-0.05, 0) is 0 Å². The Morgan fingerprint density at radius 2 is 2.25 bits per heavy atom. The van der Waals surface area contributed by atoms with Crippen LogP contribution in [0.1, 0.15) is 0 Å². The first-order chi connectivity index (χ1) is 3.39. The molecule has 44 valence electrons. The van der Waals surface area contributed by atoms with E-state index in [0.717, 1.165) is 0 Å². The summed E-state index contributed by atoms with van der Waals surface area (Å²) in [6, 6.07) is 1.83. The van der Waals surface area contributed by atoms with Crippen molar-refractivity contribution in [3.05, 3.63) is 18.5 Å². The molecule has 0 fully saturated rings. The van der Waals surface area contributed by atoms with E-state index in [1.54, 1.807) is 10.9 Å². The fourth-order valence-electron chi connectivity index (χ4n) is 0.343. The van der Waals surface area contributed by atoms with Crippen LogP contribution >= 0.6 is 0 Å². The molecular weight excluding hydrogens is 217 g/mol. The second kappa shape index (κ2) is 3.71. The van der Waals surface area contributed by atoms with Crippen molar-refractivity contribution < 1.29 is 28.7 Å². The van der Waals surface area contributed by atoms with Gasteiger partial charge in [0.1, 0.15) is 18.5 Å². The van der Waals surface area contributed by atoms with E-state index in [0.29, 0.717) is 0 Å². The standard InChI is InChI=1S/C4H6N3.HI/c1-7-4-2-3-5-6-7;/h2-4H,1H3;1H/q+1;/p-1. The Labute approximate surface area is 64.7 Å². The first kappa shape index (κ1) is 7.74. The van der Waals surface area contributed by atoms with Gasteiger partial charge in [0.2, 0.25) is 0 Å². The predicted molar refractivity (Wildman–Crippen MR) is 23.2 cm³/mol. The quantitative estimate of drug-likeness (QED) is 0.335. The lowest BCUT2D eigenvalue weighted by Gasteiger charge is -1.74. The zero-order valence-electron chi connectivity index (χ0n) is 4.45. The lowest BCUT2D eigenvalue weighted by molar-refractivity contribution is -0.736. The molecular formula is C4H6IN3. The second-order valence-electron chi connectivity index (χ2n) is 1.27. The Hall–Kier alpha value is -0.260. The minimum atomic E-state index is 0. The Morgan fingerprint density at radius 1 is 1.50 bits per heavy atom. The smallest absolute Gasteiger partial charge is 0.171 e. The zero-order chi connectivity index (χ0) is 5.11. The van der Waals surface area contributed by atoms with Crippen molar-refractivity contribution in [1.29, 1.82) is 0 Å². The maximum absolute atomic E-state index is 3.65. The summed E-state index contributed by atoms with van der Waals surface area (Å²) >= 11 is 0. The van der Waals surface area contributed by atoms with Crippen LogP contribution < -0.4 is 28.7 Å². The molecule has 0 amide bonds. The predicted octanol–water partition coefficient (Wildman–Crippen LogP) is -3.69. The Bertz CT molecular complexity index is 141. The van der Waals surface area contributed by atoms with E-state index < -0.39 is 0 Å². The van der Waals surface area contributed by atoms with Crippen LogP contribution in [0, 0.1) is 0 Å². The third-order valence-corrected chi connectivity index (χ3v) is 0.647. The molecule has 0 unspecified atom stereocenters. The van der Waals surface area contributed by atoms with E-state index in [-0.39, 0.29) is 24.0 Å². The van der Waals surface area contributed by atoms with Gasteiger partial charge in [-0.25, -0.2) is 0 Å². The lowest BCUT2D eigenvalue weighted by atomic mass is 10.7. The molecule has 0 radical (unpaired) electrons. The van der Waals surface area contributed by atoms with Gasteiger partial charge in [0.25, 0.3) is 0 Å². The van der Waals surface area contributed by atoms with Gasteiger partial charge in [-0.1, -0.05) is 0 Å². The highest BCUT2D eigenvalue weighted by molar-refractivity contribution is 4.65. The van der Waals surface area contributed by atoms with E-state index in [2.05, 4.69) is 10.3 Å². The normalized spacial score (nSPS) is 7.62. The maximum atomic E-state index is 3.65. The molecule has 1 rings (SSSR count). The number of nitrogens with zero attached hydrogens (tertiary/aromatic N) is 3. The molecule has 0 aromatic carbocycles. The first-order valence-corrected chi connectivity index (χ1v) is 2.03. The third-order valence-electron chi connectivity index (χ3n) is 0.647. The average molecular weight is 223 g/mol. The summed E-state index contributed by atoms with van der Waals surface area (Å²) in [7, 11) is 1.83. The first-order valence-electron chi connectivity index (χ1n) is 2.03. The molecule has 1 heterocycles. The Kier molecular flexibility index (Phi) is 3.59. The molecule has 3 nitrogen and oxygen atoms in total. The van der Waals surface area contributed by atoms with Gasteiger partial charge in [0, 0.05) is 6.07 Å². The van der Waals surface area contributed by atoms with Crippen molar-refractivity contribution in [3.8, 4) is 0 Å². The molecule has 8 heavy (non-hydrogen) atoms. The summed E-state index contributed by atoms with van der Waals surface area (Å²) in [4.78, 5) is 0. The van der Waals surface area contributed by atoms with Crippen molar-refractivity contribution in [2.24, 2.45) is 7.05 Å². The summed E-state index contributed by atoms with van der Waals surface area (Å²) in [5.74, 6) is 0. The van der Waals surface area contributed by atoms with Gasteiger partial charge in [0.05, 0.1) is 5.10 Å². The molecule has 0 N–H and O–H groups in total. The number of aromatic nitrogens is 3. The molecule has 0 aliphatic rings. The van der Waals surface area contributed by atoms with Crippen LogP contribution in [0.3, 0.4) is 0 Å². The topological polar surface area (TPSA) is 29.7 Å². The zero-order valence-corrected chi connectivity index (χ0v) is 6.61. The van der Waals surface area contributed by atoms with Gasteiger partial charge in [-0.3, -0.25) is 0 Å². The number of halogens is 1. The van der Waals surface area contributed by atoms with Crippen molar-refractivity contribution in [1.82, 2.24) is 10.3 Å². The van der Waals surface area contributed by atoms with Crippen LogP contribution in [0.15, 0.2) is 18.5 Å². The highest BCUT2D eigenvalue weighted by Crippen LogP contribution is 1.60. The molecule has 0 spiro atoms. The van der Waals surface area contributed by atoms with Gasteiger partial charge in [-0.2, -0.15) is 0 Å². The molecule has 0 aliphatic carbocycles. The third kappa shape index (κ3) is 2.15. The summed E-state index contributed by atoms with van der Waals surface area (Å²) in [6.45, 7) is 0. The molecule has 0 atom stereocenters. The average Bonchev–Trinajstić information content (AvgIpc) is 1.69. The molecule has 1 aromatic heterocycles. The van der Waals surface area contributed by atoms with Gasteiger partial charge >= 0.3 is 0 Å². The van der Waals surface area contributed by atoms with Crippen molar-refractivity contribution in [2.45, 2.75) is 0 Å². The van der Waals surface area contributed by atoms with Crippen molar-refractivity contribution in [3.63, 3.8) is 0 Å². The van der Waals surface area contributed by atoms with E-state index in [9.17, 15) is 0 Å². The van der Waals surface area contributed by atoms with Gasteiger partial charge in [0.15, 0.2) is 6.20 Å². The molecule has 0 saturated carbocycles. The highest BCUT2D eigenvalue weighted by atomic mass is 127. The monoisotopic (exact) mass is 223 g/mol. The number of rotatable bonds is 0. The summed E-state index contributed by atoms with van der Waals surface area (Å²) in [5, 5.41) is 7.24. The van der Waals surface area contributed by atoms with Crippen LogP contribution in [0.4, 0.5) is 0 Å². The largest absolute Gasteiger partial charge is 1.00 e. The summed E-state index contributed by atoms with van der Waals surface area (Å²) in [5.41, 5.74) is 0. The fraction of sp³-hybridized carbons (Fsp3) is 0.250. The van der Waals surface area contributed by atoms with Crippen LogP contribution in [0.2, 0.25) is 0 Å². The van der Waals surface area contributed by atoms with Crippen LogP contribution in [0.25, 0.3) is 0 Å². The van der Waals surface area contributed by atoms with Crippen LogP contribution in [0.5, 0.6) is 0 Å². The van der Waals surface area contributed by atoms with Crippen LogP contribution in [-0.4, -0.2) is 10.3 Å². The fourth-order valence-corrected chi connectivity index (χ4v) is 0.343. The Morgan fingerprint density at radius 3 is 2.50 bits per heavy atom. The van der Waals surface area contributed by atoms with Crippen molar-refractivity contribution in [2.75, 3.05) is 0 Å². The molecule has 0 saturated heterocycles. The maximum Gasteiger partial charge on any atom is 0.171 e. The van der Waals surface area contributed by atoms with E-state index >= 15 is 0 Å². The minimum absolute atomic E-state index is 0. The van der Waals surface area contributed by atoms with E-state index in [1.165, 1.54) is 0 Å². The van der Waals surface area contributed by atoms with E-state index in [1.807, 2.05) is 19.3 Å². The van der Waals surface area contributed by atoms with Crippen molar-refractivity contribution >= 4 is 0 Å². The SMILES string of the molecule is C[n+]1cccnn1.[I-]. The second-order valence-corrected chi connectivity index (χ2v) is 1.27. The highest BCUT2D eigenvalue weighted by Gasteiger charge is 1.81. The Balaban J connectivity index is 0.000000490. The number of aryl methyl sites for hydroxylation is 1. The lowest BCUT2D eigenvalue weighted by Crippen LogP contribution is -3.00. The minimum Gasteiger partial charge on any atom is -1.00 e. The van der Waals surface area contributed by atoms with Crippen LogP contribution in [-0.2, 0) is 7.05 Å². The van der Waals surface area contributed by atoms with E-state index in [4.69, 9.17) is 0 Å². The molecule has 4 heteroatoms. The molecule has 0 bridgehead atoms. The number of hydrogen-bond donors (Lipinski definition) is 0. The summed E-state index contributed by atoms with van der Waals surface area (Å²) in [6.07, 6.45) is 3.47. The molecule has 1 aromatic rings. The van der Waals surface area contributed by atoms with Gasteiger partial charge < -0.3 is 24.0 Å². The molecule has 0 aliphatic heterocycles. The van der Waals surface area contributed by atoms with Gasteiger partial charge in [-0.15, -0.1) is 4.68 Å².